The quantitative estimate of drug-likeness (QED) is 0.836. The van der Waals surface area contributed by atoms with Crippen LogP contribution in [0.1, 0.15) is 46.7 Å². The average molecular weight is 359 g/mol. The van der Waals surface area contributed by atoms with E-state index in [0.717, 1.165) is 18.2 Å². The van der Waals surface area contributed by atoms with E-state index in [1.54, 1.807) is 13.8 Å². The van der Waals surface area contributed by atoms with Crippen molar-refractivity contribution in [3.05, 3.63) is 62.3 Å². The number of alkyl halides is 3. The van der Waals surface area contributed by atoms with Crippen molar-refractivity contribution in [1.82, 2.24) is 9.97 Å². The molecule has 1 aromatic carbocycles. The largest absolute Gasteiger partial charge is 0.416 e. The van der Waals surface area contributed by atoms with E-state index >= 15 is 0 Å². The Morgan fingerprint density at radius 2 is 2.00 bits per heavy atom. The van der Waals surface area contributed by atoms with Crippen LogP contribution in [0.2, 0.25) is 5.02 Å². The summed E-state index contributed by atoms with van der Waals surface area (Å²) in [5.74, 6) is -0.493. The van der Waals surface area contributed by atoms with Gasteiger partial charge in [0.15, 0.2) is 5.78 Å². The molecule has 1 aromatic heterocycles. The van der Waals surface area contributed by atoms with Crippen LogP contribution in [0.5, 0.6) is 0 Å². The number of hydrogen-bond acceptors (Lipinski definition) is 3. The van der Waals surface area contributed by atoms with E-state index in [0.29, 0.717) is 11.4 Å². The van der Waals surface area contributed by atoms with Crippen molar-refractivity contribution >= 4 is 17.4 Å². The highest BCUT2D eigenvalue weighted by Gasteiger charge is 2.31. The number of carbonyl (C=O) groups excluding carboxylic acids is 1. The second-order valence-corrected chi connectivity index (χ2v) is 5.89. The predicted molar refractivity (Wildman–Crippen MR) is 83.4 cm³/mol. The van der Waals surface area contributed by atoms with Gasteiger partial charge in [-0.05, 0) is 30.5 Å². The number of Topliss-reactive ketones (excluding diaryl/α,β-unsaturated/α-hetero) is 1. The molecule has 0 aliphatic carbocycles. The summed E-state index contributed by atoms with van der Waals surface area (Å²) in [6, 6.07) is 4.13. The van der Waals surface area contributed by atoms with Gasteiger partial charge in [-0.25, -0.2) is 4.98 Å². The molecule has 0 saturated carbocycles. The summed E-state index contributed by atoms with van der Waals surface area (Å²) in [6.45, 7) is 3.22. The molecule has 0 aliphatic heterocycles. The molecule has 1 atom stereocenters. The van der Waals surface area contributed by atoms with Gasteiger partial charge in [0.05, 0.1) is 5.56 Å². The first-order valence-electron chi connectivity index (χ1n) is 7.05. The standard InChI is InChI=1S/C16H14ClF3N2O2/c1-8(5-14(23)13-7-15(24)22-9(2)21-13)11-4-3-10(6-12(11)17)16(18,19)20/h3-4,6-8H,5H2,1-2H3,(H,21,22,24). The van der Waals surface area contributed by atoms with Crippen molar-refractivity contribution in [3.8, 4) is 0 Å². The normalized spacial score (nSPS) is 12.9. The zero-order chi connectivity index (χ0) is 18.1. The van der Waals surface area contributed by atoms with Crippen LogP contribution in [0.3, 0.4) is 0 Å². The zero-order valence-electron chi connectivity index (χ0n) is 12.9. The van der Waals surface area contributed by atoms with Gasteiger partial charge in [0.2, 0.25) is 0 Å². The second kappa shape index (κ2) is 6.76. The lowest BCUT2D eigenvalue weighted by Gasteiger charge is -2.15. The van der Waals surface area contributed by atoms with E-state index < -0.39 is 23.2 Å². The summed E-state index contributed by atoms with van der Waals surface area (Å²) in [4.78, 5) is 30.0. The van der Waals surface area contributed by atoms with Gasteiger partial charge in [-0.15, -0.1) is 0 Å². The lowest BCUT2D eigenvalue weighted by Crippen LogP contribution is -2.15. The minimum absolute atomic E-state index is 0.0196. The van der Waals surface area contributed by atoms with Crippen LogP contribution in [0.25, 0.3) is 0 Å². The number of nitrogens with one attached hydrogen (secondary N) is 1. The Kier molecular flexibility index (Phi) is 5.13. The molecule has 2 aromatic rings. The third-order valence-electron chi connectivity index (χ3n) is 3.50. The molecule has 0 fully saturated rings. The highest BCUT2D eigenvalue weighted by atomic mass is 35.5. The van der Waals surface area contributed by atoms with Gasteiger partial charge >= 0.3 is 6.18 Å². The smallest absolute Gasteiger partial charge is 0.311 e. The molecule has 1 heterocycles. The summed E-state index contributed by atoms with van der Waals surface area (Å²) < 4.78 is 38.0. The molecule has 0 saturated heterocycles. The number of ketones is 1. The van der Waals surface area contributed by atoms with Gasteiger partial charge in [-0.2, -0.15) is 13.2 Å². The monoisotopic (exact) mass is 358 g/mol. The van der Waals surface area contributed by atoms with Crippen LogP contribution in [0, 0.1) is 6.92 Å². The summed E-state index contributed by atoms with van der Waals surface area (Å²) >= 11 is 5.93. The Morgan fingerprint density at radius 1 is 1.33 bits per heavy atom. The summed E-state index contributed by atoms with van der Waals surface area (Å²) in [6.07, 6.45) is -4.51. The van der Waals surface area contributed by atoms with E-state index in [1.165, 1.54) is 6.07 Å². The van der Waals surface area contributed by atoms with Crippen LogP contribution in [-0.4, -0.2) is 15.8 Å². The van der Waals surface area contributed by atoms with E-state index in [1.807, 2.05) is 0 Å². The number of hydrogen-bond donors (Lipinski definition) is 1. The molecule has 0 spiro atoms. The van der Waals surface area contributed by atoms with Gasteiger partial charge in [0.25, 0.3) is 5.56 Å². The zero-order valence-corrected chi connectivity index (χ0v) is 13.6. The van der Waals surface area contributed by atoms with E-state index in [4.69, 9.17) is 11.6 Å². The number of carbonyl (C=O) groups is 1. The minimum atomic E-state index is -4.48. The van der Waals surface area contributed by atoms with Crippen LogP contribution in [0.4, 0.5) is 13.2 Å². The average Bonchev–Trinajstić information content (AvgIpc) is 2.44. The predicted octanol–water partition coefficient (Wildman–Crippen LogP) is 4.13. The third kappa shape index (κ3) is 4.23. The SMILES string of the molecule is Cc1nc(C(=O)CC(C)c2ccc(C(F)(F)F)cc2Cl)cc(=O)[nH]1. The van der Waals surface area contributed by atoms with Gasteiger partial charge in [0.1, 0.15) is 11.5 Å². The number of rotatable bonds is 4. The Bertz CT molecular complexity index is 831. The summed E-state index contributed by atoms with van der Waals surface area (Å²) in [5.41, 5.74) is -0.835. The molecule has 0 aliphatic rings. The van der Waals surface area contributed by atoms with E-state index in [9.17, 15) is 22.8 Å². The highest BCUT2D eigenvalue weighted by Crippen LogP contribution is 2.35. The Labute approximate surface area is 140 Å². The van der Waals surface area contributed by atoms with Gasteiger partial charge in [-0.1, -0.05) is 24.6 Å². The summed E-state index contributed by atoms with van der Waals surface area (Å²) in [7, 11) is 0. The van der Waals surface area contributed by atoms with Gasteiger partial charge in [-0.3, -0.25) is 9.59 Å². The van der Waals surface area contributed by atoms with Crippen LogP contribution >= 0.6 is 11.6 Å². The first-order chi connectivity index (χ1) is 11.1. The second-order valence-electron chi connectivity index (χ2n) is 5.48. The van der Waals surface area contributed by atoms with Crippen molar-refractivity contribution < 1.29 is 18.0 Å². The molecule has 0 bridgehead atoms. The fourth-order valence-corrected chi connectivity index (χ4v) is 2.68. The van der Waals surface area contributed by atoms with Gasteiger partial charge in [0, 0.05) is 17.5 Å². The van der Waals surface area contributed by atoms with Crippen LogP contribution < -0.4 is 5.56 Å². The molecule has 4 nitrogen and oxygen atoms in total. The number of aromatic nitrogens is 2. The molecular formula is C16H14ClF3N2O2. The Balaban J connectivity index is 2.22. The molecule has 1 unspecified atom stereocenters. The first kappa shape index (κ1) is 18.2. The molecule has 128 valence electrons. The van der Waals surface area contributed by atoms with Crippen molar-refractivity contribution in [2.75, 3.05) is 0 Å². The Hall–Kier alpha value is -2.15. The van der Waals surface area contributed by atoms with Crippen molar-refractivity contribution in [1.29, 1.82) is 0 Å². The maximum atomic E-state index is 12.7. The number of aromatic amines is 1. The van der Waals surface area contributed by atoms with Crippen LogP contribution in [0.15, 0.2) is 29.1 Å². The Morgan fingerprint density at radius 3 is 2.54 bits per heavy atom. The molecule has 8 heteroatoms. The first-order valence-corrected chi connectivity index (χ1v) is 7.43. The fourth-order valence-electron chi connectivity index (χ4n) is 2.32. The van der Waals surface area contributed by atoms with E-state index in [2.05, 4.69) is 9.97 Å². The van der Waals surface area contributed by atoms with Crippen LogP contribution in [-0.2, 0) is 6.18 Å². The lowest BCUT2D eigenvalue weighted by atomic mass is 9.93. The number of H-pyrrole nitrogens is 1. The van der Waals surface area contributed by atoms with Gasteiger partial charge < -0.3 is 4.98 Å². The topological polar surface area (TPSA) is 62.8 Å². The number of aryl methyl sites for hydroxylation is 1. The summed E-state index contributed by atoms with van der Waals surface area (Å²) in [5, 5.41) is -0.0554. The maximum absolute atomic E-state index is 12.7. The molecule has 0 radical (unpaired) electrons. The minimum Gasteiger partial charge on any atom is -0.311 e. The van der Waals surface area contributed by atoms with Crippen molar-refractivity contribution in [2.45, 2.75) is 32.4 Å². The molecule has 1 N–H and O–H groups in total. The lowest BCUT2D eigenvalue weighted by molar-refractivity contribution is -0.137. The molecule has 2 rings (SSSR count). The van der Waals surface area contributed by atoms with E-state index in [-0.39, 0.29) is 22.9 Å². The number of halogens is 4. The fraction of sp³-hybridized carbons (Fsp3) is 0.312. The third-order valence-corrected chi connectivity index (χ3v) is 3.82. The van der Waals surface area contributed by atoms with Crippen molar-refractivity contribution in [3.63, 3.8) is 0 Å². The maximum Gasteiger partial charge on any atom is 0.416 e. The molecular weight excluding hydrogens is 345 g/mol. The molecule has 24 heavy (non-hydrogen) atoms. The number of nitrogens with zero attached hydrogens (tertiary/aromatic N) is 1. The number of benzene rings is 1. The molecule has 0 amide bonds. The van der Waals surface area contributed by atoms with Crippen molar-refractivity contribution in [2.24, 2.45) is 0 Å². The highest BCUT2D eigenvalue weighted by molar-refractivity contribution is 6.31.